The molecule has 0 N–H and O–H groups in total. The molecule has 1 unspecified atom stereocenters. The van der Waals surface area contributed by atoms with E-state index in [1.54, 1.807) is 0 Å². The highest BCUT2D eigenvalue weighted by Gasteiger charge is 2.39. The van der Waals surface area contributed by atoms with Gasteiger partial charge in [0.25, 0.3) is 17.1 Å². The van der Waals surface area contributed by atoms with Gasteiger partial charge in [-0.1, -0.05) is 0 Å². The second-order valence-electron chi connectivity index (χ2n) is 3.98. The van der Waals surface area contributed by atoms with Crippen molar-refractivity contribution in [1.29, 1.82) is 5.26 Å². The second kappa shape index (κ2) is 6.89. The lowest BCUT2D eigenvalue weighted by molar-refractivity contribution is -0.404. The van der Waals surface area contributed by atoms with Crippen LogP contribution in [0.5, 0.6) is 0 Å². The van der Waals surface area contributed by atoms with Gasteiger partial charge in [-0.15, -0.1) is 0 Å². The predicted molar refractivity (Wildman–Crippen MR) is 71.4 cm³/mol. The fraction of sp³-hybridized carbons (Fsp3) is 0.273. The van der Waals surface area contributed by atoms with Crippen LogP contribution in [0, 0.1) is 41.7 Å². The Bertz CT molecular complexity index is 703. The van der Waals surface area contributed by atoms with E-state index < -0.39 is 49.3 Å². The number of benzene rings is 1. The van der Waals surface area contributed by atoms with Gasteiger partial charge in [-0.25, -0.2) is 0 Å². The summed E-state index contributed by atoms with van der Waals surface area (Å²) >= 11 is 0. The van der Waals surface area contributed by atoms with E-state index in [2.05, 4.69) is 4.74 Å². The fourth-order valence-corrected chi connectivity index (χ4v) is 1.77. The summed E-state index contributed by atoms with van der Waals surface area (Å²) in [5, 5.41) is 41.9. The summed E-state index contributed by atoms with van der Waals surface area (Å²) in [7, 11) is 0. The van der Waals surface area contributed by atoms with Crippen molar-refractivity contribution in [3.8, 4) is 6.07 Å². The van der Waals surface area contributed by atoms with Gasteiger partial charge in [-0.2, -0.15) is 5.26 Å². The Morgan fingerprint density at radius 1 is 1.17 bits per heavy atom. The lowest BCUT2D eigenvalue weighted by Gasteiger charge is -2.09. The first-order valence-corrected chi connectivity index (χ1v) is 5.91. The maximum Gasteiger partial charge on any atom is 0.328 e. The molecule has 0 aliphatic rings. The molecule has 0 radical (unpaired) electrons. The lowest BCUT2D eigenvalue weighted by Crippen LogP contribution is -2.17. The van der Waals surface area contributed by atoms with Crippen molar-refractivity contribution in [2.75, 3.05) is 6.61 Å². The zero-order valence-corrected chi connectivity index (χ0v) is 11.5. The van der Waals surface area contributed by atoms with Crippen molar-refractivity contribution in [3.05, 3.63) is 48.0 Å². The Labute approximate surface area is 127 Å². The van der Waals surface area contributed by atoms with E-state index in [4.69, 9.17) is 5.26 Å². The van der Waals surface area contributed by atoms with E-state index in [1.807, 2.05) is 0 Å². The molecule has 12 heteroatoms. The van der Waals surface area contributed by atoms with Gasteiger partial charge in [-0.05, 0) is 6.92 Å². The minimum absolute atomic E-state index is 0.161. The molecule has 1 aromatic rings. The summed E-state index contributed by atoms with van der Waals surface area (Å²) < 4.78 is 4.56. The largest absolute Gasteiger partial charge is 0.465 e. The Hall–Kier alpha value is -3.62. The summed E-state index contributed by atoms with van der Waals surface area (Å²) in [6.07, 6.45) is 0. The molecule has 0 aliphatic carbocycles. The van der Waals surface area contributed by atoms with Gasteiger partial charge in [-0.3, -0.25) is 35.1 Å². The Morgan fingerprint density at radius 2 is 1.65 bits per heavy atom. The maximum atomic E-state index is 11.7. The monoisotopic (exact) mass is 324 g/mol. The number of esters is 1. The number of nitro benzene ring substituents is 3. The number of non-ortho nitro benzene ring substituents is 1. The minimum atomic E-state index is -1.96. The van der Waals surface area contributed by atoms with Gasteiger partial charge in [0, 0.05) is 0 Å². The second-order valence-corrected chi connectivity index (χ2v) is 3.98. The van der Waals surface area contributed by atoms with Gasteiger partial charge in [0.05, 0.1) is 39.6 Å². The molecule has 1 aromatic carbocycles. The summed E-state index contributed by atoms with van der Waals surface area (Å²) in [6.45, 7) is 1.25. The van der Waals surface area contributed by atoms with Crippen LogP contribution in [0.25, 0.3) is 0 Å². The number of hydrogen-bond acceptors (Lipinski definition) is 9. The number of carbonyl (C=O) groups excluding carboxylic acids is 1. The van der Waals surface area contributed by atoms with Crippen LogP contribution in [0.4, 0.5) is 17.1 Å². The molecule has 0 saturated heterocycles. The number of rotatable bonds is 6. The van der Waals surface area contributed by atoms with E-state index in [0.717, 1.165) is 0 Å². The van der Waals surface area contributed by atoms with E-state index in [-0.39, 0.29) is 6.61 Å². The van der Waals surface area contributed by atoms with Crippen LogP contribution in [0.2, 0.25) is 0 Å². The molecule has 23 heavy (non-hydrogen) atoms. The topological polar surface area (TPSA) is 180 Å². The van der Waals surface area contributed by atoms with Crippen LogP contribution in [0.3, 0.4) is 0 Å². The average molecular weight is 324 g/mol. The SMILES string of the molecule is CCOC(=O)C(C#N)c1c([N+](=O)[O-])cc([N+](=O)[O-])cc1[N+](=O)[O-]. The molecule has 0 heterocycles. The number of nitrogens with zero attached hydrogens (tertiary/aromatic N) is 4. The van der Waals surface area contributed by atoms with Crippen molar-refractivity contribution in [2.45, 2.75) is 12.8 Å². The molecule has 0 aliphatic heterocycles. The first kappa shape index (κ1) is 17.4. The van der Waals surface area contributed by atoms with Crippen LogP contribution >= 0.6 is 0 Å². The smallest absolute Gasteiger partial charge is 0.328 e. The van der Waals surface area contributed by atoms with Crippen molar-refractivity contribution in [1.82, 2.24) is 0 Å². The quantitative estimate of drug-likeness (QED) is 0.426. The molecular weight excluding hydrogens is 316 g/mol. The third kappa shape index (κ3) is 3.53. The molecular formula is C11H8N4O8. The molecule has 0 spiro atoms. The zero-order chi connectivity index (χ0) is 17.7. The minimum Gasteiger partial charge on any atom is -0.465 e. The first-order valence-electron chi connectivity index (χ1n) is 5.91. The predicted octanol–water partition coefficient (Wildman–Crippen LogP) is 1.58. The molecule has 0 fully saturated rings. The van der Waals surface area contributed by atoms with E-state index in [1.165, 1.54) is 13.0 Å². The molecule has 1 rings (SSSR count). The number of nitro groups is 3. The molecule has 0 amide bonds. The van der Waals surface area contributed by atoms with Gasteiger partial charge in [0.1, 0.15) is 5.56 Å². The van der Waals surface area contributed by atoms with Gasteiger partial charge in [0.15, 0.2) is 5.92 Å². The number of carbonyl (C=O) groups is 1. The van der Waals surface area contributed by atoms with Crippen molar-refractivity contribution in [3.63, 3.8) is 0 Å². The highest BCUT2D eigenvalue weighted by Crippen LogP contribution is 2.39. The van der Waals surface area contributed by atoms with E-state index in [0.29, 0.717) is 12.1 Å². The highest BCUT2D eigenvalue weighted by atomic mass is 16.6. The third-order valence-corrected chi connectivity index (χ3v) is 2.67. The van der Waals surface area contributed by atoms with Crippen LogP contribution in [0.15, 0.2) is 12.1 Å². The van der Waals surface area contributed by atoms with Crippen LogP contribution in [-0.4, -0.2) is 27.3 Å². The average Bonchev–Trinajstić information content (AvgIpc) is 2.47. The van der Waals surface area contributed by atoms with E-state index in [9.17, 15) is 35.1 Å². The Morgan fingerprint density at radius 3 is 1.96 bits per heavy atom. The van der Waals surface area contributed by atoms with Crippen LogP contribution < -0.4 is 0 Å². The van der Waals surface area contributed by atoms with Gasteiger partial charge < -0.3 is 4.74 Å². The van der Waals surface area contributed by atoms with Crippen molar-refractivity contribution >= 4 is 23.0 Å². The lowest BCUT2D eigenvalue weighted by atomic mass is 9.96. The Balaban J connectivity index is 3.77. The summed E-state index contributed by atoms with van der Waals surface area (Å²) in [6, 6.07) is 2.29. The molecule has 0 bridgehead atoms. The molecule has 0 saturated carbocycles. The number of nitriles is 1. The summed E-state index contributed by atoms with van der Waals surface area (Å²) in [5.41, 5.74) is -3.92. The highest BCUT2D eigenvalue weighted by molar-refractivity contribution is 5.85. The molecule has 1 atom stereocenters. The van der Waals surface area contributed by atoms with Crippen LogP contribution in [0.1, 0.15) is 18.4 Å². The molecule has 0 aromatic heterocycles. The Kier molecular flexibility index (Phi) is 5.22. The van der Waals surface area contributed by atoms with Crippen LogP contribution in [-0.2, 0) is 9.53 Å². The van der Waals surface area contributed by atoms with Gasteiger partial charge in [0.2, 0.25) is 0 Å². The summed E-state index contributed by atoms with van der Waals surface area (Å²) in [4.78, 5) is 41.3. The van der Waals surface area contributed by atoms with Crippen molar-refractivity contribution in [2.24, 2.45) is 0 Å². The first-order chi connectivity index (χ1) is 10.7. The third-order valence-electron chi connectivity index (χ3n) is 2.67. The van der Waals surface area contributed by atoms with Crippen molar-refractivity contribution < 1.29 is 24.3 Å². The fourth-order valence-electron chi connectivity index (χ4n) is 1.77. The maximum absolute atomic E-state index is 11.7. The number of ether oxygens (including phenoxy) is 1. The normalized spacial score (nSPS) is 11.1. The van der Waals surface area contributed by atoms with E-state index >= 15 is 0 Å². The summed E-state index contributed by atoms with van der Waals surface area (Å²) in [5.74, 6) is -3.19. The zero-order valence-electron chi connectivity index (χ0n) is 11.5. The molecule has 120 valence electrons. The number of hydrogen-bond donors (Lipinski definition) is 0. The standard InChI is InChI=1S/C11H8N4O8/c1-2-23-11(16)7(5-12)10-8(14(19)20)3-6(13(17)18)4-9(10)15(21)22/h3-4,7H,2H2,1H3. The molecule has 12 nitrogen and oxygen atoms in total. The van der Waals surface area contributed by atoms with Gasteiger partial charge >= 0.3 is 5.97 Å².